The second-order valence-electron chi connectivity index (χ2n) is 7.82. The average Bonchev–Trinajstić information content (AvgIpc) is 2.99. The fourth-order valence-electron chi connectivity index (χ4n) is 3.77. The van der Waals surface area contributed by atoms with Crippen LogP contribution in [0.3, 0.4) is 0 Å². The molecule has 1 N–H and O–H groups in total. The summed E-state index contributed by atoms with van der Waals surface area (Å²) in [6.45, 7) is 3.74. The van der Waals surface area contributed by atoms with Crippen molar-refractivity contribution < 1.29 is 22.8 Å². The van der Waals surface area contributed by atoms with E-state index in [-0.39, 0.29) is 23.5 Å². The van der Waals surface area contributed by atoms with Crippen molar-refractivity contribution in [2.24, 2.45) is 0 Å². The maximum absolute atomic E-state index is 13.4. The lowest BCUT2D eigenvalue weighted by atomic mass is 9.97. The third kappa shape index (κ3) is 4.50. The maximum Gasteiger partial charge on any atom is 0.416 e. The lowest BCUT2D eigenvalue weighted by Gasteiger charge is -2.15. The van der Waals surface area contributed by atoms with E-state index in [1.807, 2.05) is 26.0 Å². The lowest BCUT2D eigenvalue weighted by molar-refractivity contribution is -0.138. The number of hydrogen-bond donors (Lipinski definition) is 1. The van der Waals surface area contributed by atoms with Gasteiger partial charge in [0.2, 0.25) is 0 Å². The molecule has 0 aliphatic carbocycles. The molecule has 33 heavy (non-hydrogen) atoms. The van der Waals surface area contributed by atoms with Crippen molar-refractivity contribution in [2.75, 3.05) is 5.32 Å². The first-order valence-electron chi connectivity index (χ1n) is 10.2. The molecule has 0 spiro atoms. The van der Waals surface area contributed by atoms with E-state index in [0.29, 0.717) is 11.1 Å². The van der Waals surface area contributed by atoms with E-state index in [1.165, 1.54) is 12.1 Å². The number of aryl methyl sites for hydroxylation is 2. The quantitative estimate of drug-likeness (QED) is 0.548. The van der Waals surface area contributed by atoms with Gasteiger partial charge in [0.25, 0.3) is 11.8 Å². The van der Waals surface area contributed by atoms with Crippen molar-refractivity contribution in [3.63, 3.8) is 0 Å². The summed E-state index contributed by atoms with van der Waals surface area (Å²) < 4.78 is 39.5. The summed E-state index contributed by atoms with van der Waals surface area (Å²) in [4.78, 5) is 31.7. The van der Waals surface area contributed by atoms with Gasteiger partial charge in [-0.05, 0) is 60.9 Å². The number of carbonyl (C=O) groups is 2. The Hall–Kier alpha value is -3.94. The van der Waals surface area contributed by atoms with Crippen LogP contribution in [0.2, 0.25) is 0 Å². The van der Waals surface area contributed by atoms with Crippen LogP contribution in [-0.4, -0.2) is 21.7 Å². The first-order chi connectivity index (χ1) is 15.6. The third-order valence-corrected chi connectivity index (χ3v) is 5.37. The molecule has 2 amide bonds. The Balaban J connectivity index is 1.79. The molecule has 5 nitrogen and oxygen atoms in total. The highest BCUT2D eigenvalue weighted by atomic mass is 19.4. The smallest absolute Gasteiger partial charge is 0.350 e. The van der Waals surface area contributed by atoms with Crippen molar-refractivity contribution in [1.29, 1.82) is 0 Å². The zero-order chi connectivity index (χ0) is 23.8. The number of amides is 2. The van der Waals surface area contributed by atoms with Gasteiger partial charge in [-0.3, -0.25) is 19.5 Å². The second kappa shape index (κ2) is 8.54. The van der Waals surface area contributed by atoms with Crippen LogP contribution in [0.1, 0.15) is 27.8 Å². The molecule has 0 bridgehead atoms. The molecule has 1 aromatic heterocycles. The molecule has 2 heterocycles. The van der Waals surface area contributed by atoms with E-state index < -0.39 is 23.6 Å². The number of alkyl halides is 3. The summed E-state index contributed by atoms with van der Waals surface area (Å²) in [7, 11) is 0. The molecule has 168 valence electrons. The van der Waals surface area contributed by atoms with Gasteiger partial charge in [-0.25, -0.2) is 0 Å². The molecule has 4 rings (SSSR count). The Bertz CT molecular complexity index is 1270. The number of anilines is 1. The number of aromatic nitrogens is 1. The van der Waals surface area contributed by atoms with Crippen molar-refractivity contribution in [2.45, 2.75) is 26.6 Å². The minimum atomic E-state index is -4.54. The zero-order valence-corrected chi connectivity index (χ0v) is 17.9. The molecule has 0 unspecified atom stereocenters. The van der Waals surface area contributed by atoms with Crippen molar-refractivity contribution in [1.82, 2.24) is 9.88 Å². The van der Waals surface area contributed by atoms with Gasteiger partial charge in [0.1, 0.15) is 5.70 Å². The van der Waals surface area contributed by atoms with Crippen molar-refractivity contribution in [3.05, 3.63) is 101 Å². The van der Waals surface area contributed by atoms with Crippen LogP contribution in [0.15, 0.2) is 72.7 Å². The Kier molecular flexibility index (Phi) is 5.76. The van der Waals surface area contributed by atoms with Crippen LogP contribution in [0.4, 0.5) is 18.9 Å². The van der Waals surface area contributed by atoms with Gasteiger partial charge in [-0.1, -0.05) is 29.8 Å². The number of nitrogens with zero attached hydrogens (tertiary/aromatic N) is 2. The number of hydrogen-bond acceptors (Lipinski definition) is 4. The highest BCUT2D eigenvalue weighted by Gasteiger charge is 2.40. The number of imide groups is 1. The standard InChI is InChI=1S/C25H20F3N3O2/c1-15-6-7-20(16(2)12-15)21-22(30-19-5-3-4-18(13-19)25(26,27)28)24(33)31(23(21)32)14-17-8-10-29-11-9-17/h3-13,30H,14H2,1-2H3. The average molecular weight is 451 g/mol. The number of carbonyl (C=O) groups excluding carboxylic acids is 2. The van der Waals surface area contributed by atoms with E-state index >= 15 is 0 Å². The Labute approximate surface area is 188 Å². The minimum Gasteiger partial charge on any atom is -0.350 e. The van der Waals surface area contributed by atoms with Crippen molar-refractivity contribution in [3.8, 4) is 0 Å². The van der Waals surface area contributed by atoms with E-state index in [4.69, 9.17) is 0 Å². The molecule has 3 aromatic rings. The first-order valence-corrected chi connectivity index (χ1v) is 10.2. The second-order valence-corrected chi connectivity index (χ2v) is 7.82. The van der Waals surface area contributed by atoms with Crippen LogP contribution in [0.5, 0.6) is 0 Å². The van der Waals surface area contributed by atoms with E-state index in [1.54, 1.807) is 30.6 Å². The highest BCUT2D eigenvalue weighted by molar-refractivity contribution is 6.36. The third-order valence-electron chi connectivity index (χ3n) is 5.37. The number of rotatable bonds is 5. The maximum atomic E-state index is 13.4. The number of pyridine rings is 1. The van der Waals surface area contributed by atoms with Crippen molar-refractivity contribution >= 4 is 23.1 Å². The molecule has 8 heteroatoms. The van der Waals surface area contributed by atoms with Crippen LogP contribution >= 0.6 is 0 Å². The highest BCUT2D eigenvalue weighted by Crippen LogP contribution is 2.35. The SMILES string of the molecule is Cc1ccc(C2=C(Nc3cccc(C(F)(F)F)c3)C(=O)N(Cc3ccncc3)C2=O)c(C)c1. The summed E-state index contributed by atoms with van der Waals surface area (Å²) >= 11 is 0. The zero-order valence-electron chi connectivity index (χ0n) is 17.9. The molecular formula is C25H20F3N3O2. The molecule has 2 aromatic carbocycles. The molecular weight excluding hydrogens is 431 g/mol. The Morgan fingerprint density at radius 2 is 1.67 bits per heavy atom. The van der Waals surface area contributed by atoms with E-state index in [0.717, 1.165) is 28.2 Å². The fraction of sp³-hybridized carbons (Fsp3) is 0.160. The van der Waals surface area contributed by atoms with Gasteiger partial charge in [-0.15, -0.1) is 0 Å². The minimum absolute atomic E-state index is 0.0162. The monoisotopic (exact) mass is 451 g/mol. The van der Waals surface area contributed by atoms with Gasteiger partial charge in [-0.2, -0.15) is 13.2 Å². The summed E-state index contributed by atoms with van der Waals surface area (Å²) in [6, 6.07) is 13.4. The van der Waals surface area contributed by atoms with E-state index in [9.17, 15) is 22.8 Å². The van der Waals surface area contributed by atoms with Crippen LogP contribution in [0, 0.1) is 13.8 Å². The molecule has 0 fully saturated rings. The van der Waals surface area contributed by atoms with Gasteiger partial charge in [0.05, 0.1) is 17.7 Å². The first kappa shape index (κ1) is 22.3. The van der Waals surface area contributed by atoms with Gasteiger partial charge in [0, 0.05) is 18.1 Å². The molecule has 0 atom stereocenters. The normalized spacial score (nSPS) is 14.3. The van der Waals surface area contributed by atoms with Crippen LogP contribution < -0.4 is 5.32 Å². The summed E-state index contributed by atoms with van der Waals surface area (Å²) in [6.07, 6.45) is -1.42. The lowest BCUT2D eigenvalue weighted by Crippen LogP contribution is -2.32. The Morgan fingerprint density at radius 3 is 2.33 bits per heavy atom. The van der Waals surface area contributed by atoms with Gasteiger partial charge >= 0.3 is 6.18 Å². The predicted molar refractivity (Wildman–Crippen MR) is 118 cm³/mol. The number of nitrogens with one attached hydrogen (secondary N) is 1. The van der Waals surface area contributed by atoms with Crippen LogP contribution in [-0.2, 0) is 22.3 Å². The Morgan fingerprint density at radius 1 is 0.939 bits per heavy atom. The molecule has 0 radical (unpaired) electrons. The summed E-state index contributed by atoms with van der Waals surface area (Å²) in [5, 5.41) is 2.79. The molecule has 1 aliphatic heterocycles. The topological polar surface area (TPSA) is 62.3 Å². The molecule has 0 saturated carbocycles. The number of halogens is 3. The van der Waals surface area contributed by atoms with Gasteiger partial charge < -0.3 is 5.32 Å². The predicted octanol–water partition coefficient (Wildman–Crippen LogP) is 5.11. The summed E-state index contributed by atoms with van der Waals surface area (Å²) in [5.41, 5.74) is 2.29. The largest absolute Gasteiger partial charge is 0.416 e. The fourth-order valence-corrected chi connectivity index (χ4v) is 3.77. The van der Waals surface area contributed by atoms with Gasteiger partial charge in [0.15, 0.2) is 0 Å². The molecule has 1 aliphatic rings. The molecule has 0 saturated heterocycles. The van der Waals surface area contributed by atoms with E-state index in [2.05, 4.69) is 10.3 Å². The number of benzene rings is 2. The summed E-state index contributed by atoms with van der Waals surface area (Å²) in [5.74, 6) is -1.12. The van der Waals surface area contributed by atoms with Crippen LogP contribution in [0.25, 0.3) is 5.57 Å².